The van der Waals surface area contributed by atoms with Crippen molar-refractivity contribution < 1.29 is 14.4 Å². The molecule has 25 heavy (non-hydrogen) atoms. The monoisotopic (exact) mass is 346 g/mol. The van der Waals surface area contributed by atoms with E-state index in [1.807, 2.05) is 0 Å². The van der Waals surface area contributed by atoms with Crippen molar-refractivity contribution in [1.82, 2.24) is 10.6 Å². The highest BCUT2D eigenvalue weighted by molar-refractivity contribution is 5.97. The van der Waals surface area contributed by atoms with E-state index in [2.05, 4.69) is 22.9 Å². The summed E-state index contributed by atoms with van der Waals surface area (Å²) in [5, 5.41) is 8.40. The molecule has 0 saturated heterocycles. The molecule has 136 valence electrons. The van der Waals surface area contributed by atoms with E-state index < -0.39 is 5.91 Å². The van der Waals surface area contributed by atoms with Crippen LogP contribution in [0.5, 0.6) is 0 Å². The lowest BCUT2D eigenvalue weighted by molar-refractivity contribution is -0.117. The fourth-order valence-corrected chi connectivity index (χ4v) is 3.01. The van der Waals surface area contributed by atoms with E-state index in [1.165, 1.54) is 6.42 Å². The molecule has 2 atom stereocenters. The van der Waals surface area contributed by atoms with Crippen molar-refractivity contribution in [3.05, 3.63) is 29.8 Å². The first-order chi connectivity index (χ1) is 12.0. The van der Waals surface area contributed by atoms with Gasteiger partial charge in [0.2, 0.25) is 5.91 Å². The summed E-state index contributed by atoms with van der Waals surface area (Å²) in [4.78, 5) is 34.9. The Kier molecular flexibility index (Phi) is 6.80. The number of nitrogens with one attached hydrogen (secondary N) is 3. The summed E-state index contributed by atoms with van der Waals surface area (Å²) in [7, 11) is 0. The van der Waals surface area contributed by atoms with Crippen LogP contribution in [-0.2, 0) is 4.79 Å². The number of hydrogen-bond donors (Lipinski definition) is 4. The Labute approximate surface area is 147 Å². The molecule has 1 aromatic carbocycles. The molecule has 0 unspecified atom stereocenters. The van der Waals surface area contributed by atoms with Crippen LogP contribution in [0.2, 0.25) is 0 Å². The van der Waals surface area contributed by atoms with Crippen molar-refractivity contribution in [2.45, 2.75) is 45.1 Å². The average molecular weight is 346 g/mol. The van der Waals surface area contributed by atoms with Gasteiger partial charge in [-0.05, 0) is 37.0 Å². The Morgan fingerprint density at radius 3 is 2.68 bits per heavy atom. The number of nitrogens with two attached hydrogens (primary N) is 1. The Bertz CT molecular complexity index is 633. The van der Waals surface area contributed by atoms with Gasteiger partial charge in [-0.1, -0.05) is 25.8 Å². The first kappa shape index (κ1) is 18.8. The van der Waals surface area contributed by atoms with E-state index in [4.69, 9.17) is 5.73 Å². The van der Waals surface area contributed by atoms with Crippen molar-refractivity contribution in [3.63, 3.8) is 0 Å². The lowest BCUT2D eigenvalue weighted by atomic mass is 9.86. The molecular formula is C18H26N4O3. The fourth-order valence-electron chi connectivity index (χ4n) is 3.01. The summed E-state index contributed by atoms with van der Waals surface area (Å²) in [5.74, 6) is -0.308. The zero-order valence-corrected chi connectivity index (χ0v) is 14.5. The number of rotatable bonds is 6. The molecule has 7 heteroatoms. The Hall–Kier alpha value is -2.57. The lowest BCUT2D eigenvalue weighted by Crippen LogP contribution is -2.43. The van der Waals surface area contributed by atoms with Crippen LogP contribution in [0, 0.1) is 5.92 Å². The van der Waals surface area contributed by atoms with Gasteiger partial charge in [0.1, 0.15) is 0 Å². The molecule has 0 radical (unpaired) electrons. The Balaban J connectivity index is 1.88. The first-order valence-corrected chi connectivity index (χ1v) is 8.70. The van der Waals surface area contributed by atoms with Crippen LogP contribution in [-0.4, -0.2) is 30.4 Å². The normalized spacial score (nSPS) is 19.7. The summed E-state index contributed by atoms with van der Waals surface area (Å²) in [6.07, 6.45) is 4.57. The Morgan fingerprint density at radius 2 is 1.96 bits per heavy atom. The quantitative estimate of drug-likeness (QED) is 0.631. The topological polar surface area (TPSA) is 113 Å². The van der Waals surface area contributed by atoms with Gasteiger partial charge in [-0.2, -0.15) is 0 Å². The molecule has 5 N–H and O–H groups in total. The second-order valence-corrected chi connectivity index (χ2v) is 6.52. The minimum absolute atomic E-state index is 0.0889. The van der Waals surface area contributed by atoms with Gasteiger partial charge in [0, 0.05) is 30.3 Å². The summed E-state index contributed by atoms with van der Waals surface area (Å²) in [6, 6.07) is 6.60. The van der Waals surface area contributed by atoms with Crippen LogP contribution >= 0.6 is 0 Å². The second kappa shape index (κ2) is 9.05. The van der Waals surface area contributed by atoms with Gasteiger partial charge in [0.25, 0.3) is 5.91 Å². The standard InChI is InChI=1S/C18H26N4O3/c1-12-5-2-3-8-15(12)22-18(25)21-14-7-4-6-13(11-14)17(24)20-10-9-16(19)23/h4,6-7,11-12,15H,2-3,5,8-10H2,1H3,(H2,19,23)(H,20,24)(H2,21,22,25)/t12-,15+/m1/s1. The number of carbonyl (C=O) groups excluding carboxylic acids is 3. The van der Waals surface area contributed by atoms with Crippen LogP contribution in [0.3, 0.4) is 0 Å². The predicted molar refractivity (Wildman–Crippen MR) is 96.2 cm³/mol. The molecule has 1 saturated carbocycles. The lowest BCUT2D eigenvalue weighted by Gasteiger charge is -2.29. The van der Waals surface area contributed by atoms with Gasteiger partial charge >= 0.3 is 6.03 Å². The Morgan fingerprint density at radius 1 is 1.20 bits per heavy atom. The first-order valence-electron chi connectivity index (χ1n) is 8.70. The number of hydrogen-bond acceptors (Lipinski definition) is 3. The van der Waals surface area contributed by atoms with Crippen molar-refractivity contribution in [3.8, 4) is 0 Å². The summed E-state index contributed by atoms with van der Waals surface area (Å²) in [5.41, 5.74) is 5.99. The van der Waals surface area contributed by atoms with Crippen LogP contribution in [0.25, 0.3) is 0 Å². The highest BCUT2D eigenvalue weighted by Crippen LogP contribution is 2.23. The highest BCUT2D eigenvalue weighted by Gasteiger charge is 2.22. The number of benzene rings is 1. The minimum atomic E-state index is -0.468. The van der Waals surface area contributed by atoms with Gasteiger partial charge in [0.15, 0.2) is 0 Å². The molecule has 2 rings (SSSR count). The van der Waals surface area contributed by atoms with E-state index >= 15 is 0 Å². The fraction of sp³-hybridized carbons (Fsp3) is 0.500. The highest BCUT2D eigenvalue weighted by atomic mass is 16.2. The number of carbonyl (C=O) groups is 3. The van der Waals surface area contributed by atoms with Crippen LogP contribution in [0.15, 0.2) is 24.3 Å². The molecule has 1 aliphatic carbocycles. The van der Waals surface area contributed by atoms with Gasteiger partial charge in [0.05, 0.1) is 0 Å². The third kappa shape index (κ3) is 6.10. The second-order valence-electron chi connectivity index (χ2n) is 6.52. The summed E-state index contributed by atoms with van der Waals surface area (Å²) >= 11 is 0. The largest absolute Gasteiger partial charge is 0.370 e. The van der Waals surface area contributed by atoms with E-state index in [1.54, 1.807) is 24.3 Å². The van der Waals surface area contributed by atoms with E-state index in [0.717, 1.165) is 19.3 Å². The minimum Gasteiger partial charge on any atom is -0.370 e. The number of urea groups is 1. The zero-order chi connectivity index (χ0) is 18.2. The smallest absolute Gasteiger partial charge is 0.319 e. The molecule has 0 heterocycles. The maximum atomic E-state index is 12.2. The number of anilines is 1. The summed E-state index contributed by atoms with van der Waals surface area (Å²) in [6.45, 7) is 2.34. The molecular weight excluding hydrogens is 320 g/mol. The van der Waals surface area contributed by atoms with Crippen molar-refractivity contribution in [2.75, 3.05) is 11.9 Å². The van der Waals surface area contributed by atoms with E-state index in [-0.39, 0.29) is 30.9 Å². The van der Waals surface area contributed by atoms with Crippen LogP contribution in [0.1, 0.15) is 49.4 Å². The number of primary amides is 1. The summed E-state index contributed by atoms with van der Waals surface area (Å²) < 4.78 is 0. The van der Waals surface area contributed by atoms with E-state index in [0.29, 0.717) is 17.2 Å². The SMILES string of the molecule is C[C@@H]1CCCC[C@@H]1NC(=O)Nc1cccc(C(=O)NCCC(N)=O)c1. The molecule has 1 aromatic rings. The zero-order valence-electron chi connectivity index (χ0n) is 14.5. The molecule has 1 aliphatic rings. The molecule has 7 nitrogen and oxygen atoms in total. The molecule has 0 spiro atoms. The molecule has 0 aliphatic heterocycles. The predicted octanol–water partition coefficient (Wildman–Crippen LogP) is 1.99. The third-order valence-corrected chi connectivity index (χ3v) is 4.47. The molecule has 0 aromatic heterocycles. The van der Waals surface area contributed by atoms with Gasteiger partial charge in [-0.15, -0.1) is 0 Å². The average Bonchev–Trinajstić information content (AvgIpc) is 2.56. The van der Waals surface area contributed by atoms with Gasteiger partial charge in [-0.3, -0.25) is 9.59 Å². The maximum Gasteiger partial charge on any atom is 0.319 e. The van der Waals surface area contributed by atoms with E-state index in [9.17, 15) is 14.4 Å². The number of amides is 4. The maximum absolute atomic E-state index is 12.2. The molecule has 1 fully saturated rings. The van der Waals surface area contributed by atoms with Gasteiger partial charge in [-0.25, -0.2) is 4.79 Å². The van der Waals surface area contributed by atoms with Crippen molar-refractivity contribution in [2.24, 2.45) is 11.7 Å². The van der Waals surface area contributed by atoms with Gasteiger partial charge < -0.3 is 21.7 Å². The van der Waals surface area contributed by atoms with Crippen LogP contribution < -0.4 is 21.7 Å². The molecule has 4 amide bonds. The van der Waals surface area contributed by atoms with Crippen LogP contribution in [0.4, 0.5) is 10.5 Å². The van der Waals surface area contributed by atoms with Crippen molar-refractivity contribution >= 4 is 23.5 Å². The van der Waals surface area contributed by atoms with Crippen molar-refractivity contribution in [1.29, 1.82) is 0 Å². The molecule has 0 bridgehead atoms. The third-order valence-electron chi connectivity index (χ3n) is 4.47.